The van der Waals surface area contributed by atoms with Crippen LogP contribution in [-0.4, -0.2) is 47.4 Å². The van der Waals surface area contributed by atoms with Crippen LogP contribution in [-0.2, 0) is 14.3 Å². The van der Waals surface area contributed by atoms with Gasteiger partial charge in [-0.2, -0.15) is 0 Å². The number of ether oxygens (including phenoxy) is 1. The van der Waals surface area contributed by atoms with Gasteiger partial charge < -0.3 is 20.3 Å². The van der Waals surface area contributed by atoms with Crippen LogP contribution in [0.3, 0.4) is 0 Å². The summed E-state index contributed by atoms with van der Waals surface area (Å²) in [4.78, 5) is 24.5. The molecule has 0 aromatic rings. The number of esters is 1. The lowest BCUT2D eigenvalue weighted by Crippen LogP contribution is -2.45. The van der Waals surface area contributed by atoms with Crippen LogP contribution in [0.4, 0.5) is 0 Å². The summed E-state index contributed by atoms with van der Waals surface area (Å²) >= 11 is 0. The average molecular weight is 917 g/mol. The third kappa shape index (κ3) is 51.6. The molecule has 0 aromatic carbocycles. The number of amides is 1. The molecule has 0 heterocycles. The van der Waals surface area contributed by atoms with Gasteiger partial charge in [0.1, 0.15) is 0 Å². The molecule has 0 aliphatic rings. The maximum Gasteiger partial charge on any atom is 0.305 e. The summed E-state index contributed by atoms with van der Waals surface area (Å²) in [6.07, 6.45) is 66.0. The Labute approximate surface area is 405 Å². The number of carbonyl (C=O) groups excluding carboxylic acids is 2. The molecule has 384 valence electrons. The normalized spacial score (nSPS) is 12.7. The fraction of sp³-hybridized carbons (Fsp3) is 0.898. The molecule has 0 rings (SSSR count). The zero-order valence-electron chi connectivity index (χ0n) is 43.7. The molecular formula is C59H113NO5. The van der Waals surface area contributed by atoms with Gasteiger partial charge in [0.25, 0.3) is 0 Å². The third-order valence-corrected chi connectivity index (χ3v) is 13.5. The Morgan fingerprint density at radius 2 is 0.769 bits per heavy atom. The average Bonchev–Trinajstić information content (AvgIpc) is 3.31. The monoisotopic (exact) mass is 916 g/mol. The van der Waals surface area contributed by atoms with Crippen molar-refractivity contribution in [3.8, 4) is 0 Å². The lowest BCUT2D eigenvalue weighted by atomic mass is 10.0. The first-order valence-corrected chi connectivity index (χ1v) is 29.1. The second-order valence-corrected chi connectivity index (χ2v) is 20.0. The lowest BCUT2D eigenvalue weighted by Gasteiger charge is -2.22. The zero-order chi connectivity index (χ0) is 47.2. The van der Waals surface area contributed by atoms with Gasteiger partial charge in [0.05, 0.1) is 25.4 Å². The van der Waals surface area contributed by atoms with Crippen LogP contribution in [0.25, 0.3) is 0 Å². The van der Waals surface area contributed by atoms with Crippen LogP contribution >= 0.6 is 0 Å². The molecular weight excluding hydrogens is 803 g/mol. The van der Waals surface area contributed by atoms with Crippen LogP contribution in [0.15, 0.2) is 24.3 Å². The number of aliphatic hydroxyl groups is 2. The number of carbonyl (C=O) groups is 2. The number of aliphatic hydroxyl groups excluding tert-OH is 2. The second-order valence-electron chi connectivity index (χ2n) is 20.0. The van der Waals surface area contributed by atoms with E-state index in [9.17, 15) is 19.8 Å². The van der Waals surface area contributed by atoms with Crippen molar-refractivity contribution in [3.63, 3.8) is 0 Å². The fourth-order valence-electron chi connectivity index (χ4n) is 9.02. The van der Waals surface area contributed by atoms with E-state index in [-0.39, 0.29) is 18.5 Å². The molecule has 65 heavy (non-hydrogen) atoms. The highest BCUT2D eigenvalue weighted by Crippen LogP contribution is 2.17. The highest BCUT2D eigenvalue weighted by molar-refractivity contribution is 5.76. The van der Waals surface area contributed by atoms with Crippen LogP contribution in [0.1, 0.15) is 316 Å². The van der Waals surface area contributed by atoms with Gasteiger partial charge in [0.2, 0.25) is 5.91 Å². The largest absolute Gasteiger partial charge is 0.466 e. The fourth-order valence-corrected chi connectivity index (χ4v) is 9.02. The number of hydrogen-bond donors (Lipinski definition) is 3. The van der Waals surface area contributed by atoms with E-state index in [0.29, 0.717) is 25.9 Å². The summed E-state index contributed by atoms with van der Waals surface area (Å²) in [6, 6.07) is -0.553. The molecule has 6 nitrogen and oxygen atoms in total. The predicted octanol–water partition coefficient (Wildman–Crippen LogP) is 17.9. The van der Waals surface area contributed by atoms with E-state index in [4.69, 9.17) is 4.74 Å². The number of hydrogen-bond acceptors (Lipinski definition) is 5. The van der Waals surface area contributed by atoms with Gasteiger partial charge >= 0.3 is 5.97 Å². The molecule has 0 fully saturated rings. The Hall–Kier alpha value is -1.66. The summed E-state index contributed by atoms with van der Waals surface area (Å²) in [5.41, 5.74) is 0. The molecule has 0 aliphatic heterocycles. The van der Waals surface area contributed by atoms with E-state index < -0.39 is 12.1 Å². The van der Waals surface area contributed by atoms with Crippen molar-refractivity contribution >= 4 is 11.9 Å². The lowest BCUT2D eigenvalue weighted by molar-refractivity contribution is -0.143. The molecule has 3 N–H and O–H groups in total. The summed E-state index contributed by atoms with van der Waals surface area (Å²) in [7, 11) is 0. The Bertz CT molecular complexity index is 1010. The van der Waals surface area contributed by atoms with E-state index in [1.165, 1.54) is 199 Å². The van der Waals surface area contributed by atoms with Crippen molar-refractivity contribution in [3.05, 3.63) is 24.3 Å². The Morgan fingerprint density at radius 3 is 1.17 bits per heavy atom. The summed E-state index contributed by atoms with van der Waals surface area (Å²) in [6.45, 7) is 4.93. The molecule has 0 radical (unpaired) electrons. The predicted molar refractivity (Wildman–Crippen MR) is 283 cm³/mol. The molecule has 0 spiro atoms. The minimum absolute atomic E-state index is 0.0117. The van der Waals surface area contributed by atoms with Crippen LogP contribution in [0, 0.1) is 0 Å². The van der Waals surface area contributed by atoms with Crippen LogP contribution in [0.5, 0.6) is 0 Å². The first-order chi connectivity index (χ1) is 32.0. The molecule has 0 bridgehead atoms. The highest BCUT2D eigenvalue weighted by atomic mass is 16.5. The quantitative estimate of drug-likeness (QED) is 0.0321. The van der Waals surface area contributed by atoms with Gasteiger partial charge in [-0.15, -0.1) is 0 Å². The number of nitrogens with one attached hydrogen (secondary N) is 1. The summed E-state index contributed by atoms with van der Waals surface area (Å²) in [5.74, 6) is -0.0614. The molecule has 0 aromatic heterocycles. The third-order valence-electron chi connectivity index (χ3n) is 13.5. The van der Waals surface area contributed by atoms with E-state index in [1.807, 2.05) is 0 Å². The Balaban J connectivity index is 3.48. The number of allylic oxidation sites excluding steroid dienone is 4. The molecule has 0 saturated carbocycles. The Kier molecular flexibility index (Phi) is 53.5. The van der Waals surface area contributed by atoms with E-state index in [2.05, 4.69) is 43.5 Å². The SMILES string of the molecule is CCCCCCCCCCCCCCCCCCC(=O)OCCCCC/C=C\C/C=C\CCCCCCCCCC(=O)NC(CO)C(O)CCCCCCCCCCCCCCCCC. The second kappa shape index (κ2) is 54.9. The van der Waals surface area contributed by atoms with Crippen LogP contribution < -0.4 is 5.32 Å². The van der Waals surface area contributed by atoms with Crippen molar-refractivity contribution in [2.45, 2.75) is 328 Å². The van der Waals surface area contributed by atoms with Crippen molar-refractivity contribution in [1.29, 1.82) is 0 Å². The van der Waals surface area contributed by atoms with Gasteiger partial charge in [-0.3, -0.25) is 9.59 Å². The maximum atomic E-state index is 12.5. The van der Waals surface area contributed by atoms with Gasteiger partial charge in [0.15, 0.2) is 0 Å². The van der Waals surface area contributed by atoms with Crippen molar-refractivity contribution in [2.75, 3.05) is 13.2 Å². The van der Waals surface area contributed by atoms with E-state index in [1.54, 1.807) is 0 Å². The minimum atomic E-state index is -0.674. The van der Waals surface area contributed by atoms with Gasteiger partial charge in [-0.25, -0.2) is 0 Å². The van der Waals surface area contributed by atoms with Gasteiger partial charge in [-0.05, 0) is 64.2 Å². The van der Waals surface area contributed by atoms with Crippen molar-refractivity contribution in [2.24, 2.45) is 0 Å². The maximum absolute atomic E-state index is 12.5. The molecule has 6 heteroatoms. The highest BCUT2D eigenvalue weighted by Gasteiger charge is 2.20. The molecule has 1 amide bonds. The minimum Gasteiger partial charge on any atom is -0.466 e. The zero-order valence-corrected chi connectivity index (χ0v) is 43.7. The Morgan fingerprint density at radius 1 is 0.431 bits per heavy atom. The molecule has 2 atom stereocenters. The van der Waals surface area contributed by atoms with Crippen molar-refractivity contribution in [1.82, 2.24) is 5.32 Å². The number of unbranched alkanes of at least 4 members (excludes halogenated alkanes) is 39. The molecule has 0 aliphatic carbocycles. The number of rotatable bonds is 54. The standard InChI is InChI=1S/C59H113NO5/c1-3-5-7-9-11-13-15-17-19-25-29-33-37-41-45-49-53-59(64)65-54-50-46-42-38-34-30-26-22-20-21-24-28-32-36-40-44-48-52-58(63)60-56(55-61)57(62)51-47-43-39-35-31-27-23-18-16-14-12-10-8-6-4-2/h20,22,30,34,56-57,61-62H,3-19,21,23-29,31-33,35-55H2,1-2H3,(H,60,63)/b22-20-,34-30-. The molecule has 2 unspecified atom stereocenters. The topological polar surface area (TPSA) is 95.9 Å². The van der Waals surface area contributed by atoms with Gasteiger partial charge in [0, 0.05) is 12.8 Å². The first kappa shape index (κ1) is 63.3. The summed E-state index contributed by atoms with van der Waals surface area (Å²) in [5, 5.41) is 23.3. The van der Waals surface area contributed by atoms with E-state index in [0.717, 1.165) is 83.5 Å². The van der Waals surface area contributed by atoms with Gasteiger partial charge in [-0.1, -0.05) is 263 Å². The summed E-state index contributed by atoms with van der Waals surface area (Å²) < 4.78 is 5.46. The van der Waals surface area contributed by atoms with E-state index >= 15 is 0 Å². The smallest absolute Gasteiger partial charge is 0.305 e. The first-order valence-electron chi connectivity index (χ1n) is 29.1. The van der Waals surface area contributed by atoms with Crippen LogP contribution in [0.2, 0.25) is 0 Å². The molecule has 0 saturated heterocycles. The van der Waals surface area contributed by atoms with Crippen molar-refractivity contribution < 1.29 is 24.5 Å².